The van der Waals surface area contributed by atoms with Gasteiger partial charge in [0.1, 0.15) is 0 Å². The summed E-state index contributed by atoms with van der Waals surface area (Å²) >= 11 is 0. The van der Waals surface area contributed by atoms with Crippen molar-refractivity contribution in [3.63, 3.8) is 0 Å². The van der Waals surface area contributed by atoms with E-state index in [0.717, 1.165) is 5.01 Å². The number of aromatic nitrogens is 2. The molecular weight excluding hydrogens is 309 g/mol. The minimum Gasteiger partial charge on any atom is -0.396 e. The van der Waals surface area contributed by atoms with Crippen molar-refractivity contribution in [3.05, 3.63) is 23.4 Å². The van der Waals surface area contributed by atoms with E-state index in [1.807, 2.05) is 13.8 Å². The standard InChI is InChI=1S/C11H18N7O3P/c1-8(2)7-9-14-11(18(3)17-19)21-22(9,20)16-15-10-12-5-4-6-13-10/h4-6,8-9H,7H2,1-3H3,(H,16,20)(H,12,13,15). The summed E-state index contributed by atoms with van der Waals surface area (Å²) in [6.45, 7) is 3.96. The van der Waals surface area contributed by atoms with Crippen LogP contribution in [0.1, 0.15) is 20.3 Å². The molecule has 0 radical (unpaired) electrons. The van der Waals surface area contributed by atoms with Crippen LogP contribution in [-0.2, 0) is 9.09 Å². The number of aliphatic imine (C=N–C) groups is 1. The minimum absolute atomic E-state index is 0.0766. The summed E-state index contributed by atoms with van der Waals surface area (Å²) in [5.74, 6) is -0.128. The van der Waals surface area contributed by atoms with Crippen LogP contribution in [0.2, 0.25) is 0 Å². The molecule has 0 saturated heterocycles. The zero-order valence-corrected chi connectivity index (χ0v) is 13.4. The first-order valence-electron chi connectivity index (χ1n) is 6.69. The highest BCUT2D eigenvalue weighted by Crippen LogP contribution is 2.54. The third kappa shape index (κ3) is 3.77. The molecule has 0 saturated carbocycles. The van der Waals surface area contributed by atoms with Gasteiger partial charge in [0, 0.05) is 19.4 Å². The molecule has 2 N–H and O–H groups in total. The van der Waals surface area contributed by atoms with E-state index < -0.39 is 13.3 Å². The summed E-state index contributed by atoms with van der Waals surface area (Å²) < 4.78 is 18.3. The number of nitrogens with zero attached hydrogens (tertiary/aromatic N) is 5. The van der Waals surface area contributed by atoms with Crippen molar-refractivity contribution in [2.45, 2.75) is 26.1 Å². The van der Waals surface area contributed by atoms with E-state index in [1.165, 1.54) is 7.05 Å². The zero-order valence-electron chi connectivity index (χ0n) is 12.5. The van der Waals surface area contributed by atoms with Gasteiger partial charge in [-0.05, 0) is 18.4 Å². The second-order valence-electron chi connectivity index (χ2n) is 5.12. The summed E-state index contributed by atoms with van der Waals surface area (Å²) in [6, 6.07) is 1.58. The molecule has 120 valence electrons. The van der Waals surface area contributed by atoms with E-state index in [9.17, 15) is 9.47 Å². The highest BCUT2D eigenvalue weighted by atomic mass is 31.2. The van der Waals surface area contributed by atoms with Gasteiger partial charge in [-0.15, -0.1) is 10.1 Å². The van der Waals surface area contributed by atoms with Gasteiger partial charge in [-0.2, -0.15) is 5.01 Å². The number of amidine groups is 1. The van der Waals surface area contributed by atoms with Gasteiger partial charge in [0.25, 0.3) is 0 Å². The van der Waals surface area contributed by atoms with Crippen LogP contribution in [0.4, 0.5) is 5.95 Å². The Labute approximate surface area is 127 Å². The minimum atomic E-state index is -3.41. The Morgan fingerprint density at radius 2 is 2.14 bits per heavy atom. The molecule has 1 aromatic rings. The summed E-state index contributed by atoms with van der Waals surface area (Å²) in [5, 5.41) is 6.21. The molecule has 2 atom stereocenters. The molecule has 0 spiro atoms. The molecule has 0 aromatic carbocycles. The molecule has 1 aliphatic rings. The molecule has 0 bridgehead atoms. The highest BCUT2D eigenvalue weighted by Gasteiger charge is 2.44. The Hall–Kier alpha value is -2.06. The summed E-state index contributed by atoms with van der Waals surface area (Å²) in [6.07, 6.45) is 3.61. The maximum atomic E-state index is 12.9. The third-order valence-electron chi connectivity index (χ3n) is 2.84. The van der Waals surface area contributed by atoms with Crippen molar-refractivity contribution >= 4 is 19.5 Å². The molecule has 0 fully saturated rings. The fraction of sp³-hybridized carbons (Fsp3) is 0.545. The van der Waals surface area contributed by atoms with Crippen molar-refractivity contribution in [2.75, 3.05) is 12.5 Å². The normalized spacial score (nSPS) is 23.8. The van der Waals surface area contributed by atoms with E-state index in [0.29, 0.717) is 6.42 Å². The lowest BCUT2D eigenvalue weighted by atomic mass is 10.1. The van der Waals surface area contributed by atoms with Crippen LogP contribution in [0.25, 0.3) is 0 Å². The smallest absolute Gasteiger partial charge is 0.360 e. The second-order valence-corrected chi connectivity index (χ2v) is 7.32. The molecule has 22 heavy (non-hydrogen) atoms. The van der Waals surface area contributed by atoms with Crippen LogP contribution in [-0.4, -0.2) is 33.8 Å². The van der Waals surface area contributed by atoms with E-state index >= 15 is 0 Å². The first-order valence-corrected chi connectivity index (χ1v) is 8.38. The van der Waals surface area contributed by atoms with Crippen LogP contribution in [0, 0.1) is 10.8 Å². The maximum absolute atomic E-state index is 12.9. The molecule has 1 aromatic heterocycles. The van der Waals surface area contributed by atoms with E-state index in [-0.39, 0.29) is 17.9 Å². The maximum Gasteiger partial charge on any atom is 0.360 e. The Morgan fingerprint density at radius 3 is 2.73 bits per heavy atom. The molecule has 0 amide bonds. The lowest BCUT2D eigenvalue weighted by molar-refractivity contribution is 0.395. The van der Waals surface area contributed by atoms with Crippen molar-refractivity contribution in [1.82, 2.24) is 20.2 Å². The number of hydrazine groups is 1. The fourth-order valence-corrected chi connectivity index (χ4v) is 3.72. The Kier molecular flexibility index (Phi) is 5.04. The average Bonchev–Trinajstić information content (AvgIpc) is 2.82. The van der Waals surface area contributed by atoms with E-state index in [4.69, 9.17) is 4.52 Å². The summed E-state index contributed by atoms with van der Waals surface area (Å²) in [4.78, 5) is 22.7. The van der Waals surface area contributed by atoms with Gasteiger partial charge in [-0.3, -0.25) is 9.99 Å². The average molecular weight is 327 g/mol. The number of hydrogen-bond acceptors (Lipinski definition) is 8. The number of hydrogen-bond donors (Lipinski definition) is 2. The van der Waals surface area contributed by atoms with E-state index in [2.05, 4.69) is 30.9 Å². The molecular formula is C11H18N7O3P. The summed E-state index contributed by atoms with van der Waals surface area (Å²) in [7, 11) is -2.03. The number of rotatable bonds is 6. The molecule has 1 aliphatic heterocycles. The van der Waals surface area contributed by atoms with Crippen molar-refractivity contribution in [1.29, 1.82) is 0 Å². The summed E-state index contributed by atoms with van der Waals surface area (Å²) in [5.41, 5.74) is 2.65. The van der Waals surface area contributed by atoms with Crippen molar-refractivity contribution in [3.8, 4) is 0 Å². The Morgan fingerprint density at radius 1 is 1.45 bits per heavy atom. The van der Waals surface area contributed by atoms with Crippen LogP contribution < -0.4 is 10.6 Å². The number of nitrogens with one attached hydrogen (secondary N) is 2. The molecule has 2 heterocycles. The van der Waals surface area contributed by atoms with Gasteiger partial charge >= 0.3 is 13.5 Å². The van der Waals surface area contributed by atoms with Crippen LogP contribution in [0.3, 0.4) is 0 Å². The van der Waals surface area contributed by atoms with Gasteiger partial charge in [0.15, 0.2) is 5.78 Å². The van der Waals surface area contributed by atoms with Crippen LogP contribution in [0.5, 0.6) is 0 Å². The molecule has 2 rings (SSSR count). The second kappa shape index (κ2) is 6.80. The Bertz CT molecular complexity index is 595. The van der Waals surface area contributed by atoms with Gasteiger partial charge in [0.2, 0.25) is 5.95 Å². The quantitative estimate of drug-likeness (QED) is 0.462. The molecule has 11 heteroatoms. The first kappa shape index (κ1) is 16.3. The van der Waals surface area contributed by atoms with Crippen LogP contribution in [0.15, 0.2) is 28.7 Å². The zero-order chi connectivity index (χ0) is 16.2. The number of anilines is 1. The lowest BCUT2D eigenvalue weighted by Gasteiger charge is -2.20. The molecule has 2 unspecified atom stereocenters. The van der Waals surface area contributed by atoms with Gasteiger partial charge in [-0.25, -0.2) is 15.0 Å². The predicted octanol–water partition coefficient (Wildman–Crippen LogP) is 1.96. The third-order valence-corrected chi connectivity index (χ3v) is 4.81. The van der Waals surface area contributed by atoms with Crippen molar-refractivity contribution < 1.29 is 9.09 Å². The lowest BCUT2D eigenvalue weighted by Crippen LogP contribution is -2.26. The molecule has 0 aliphatic carbocycles. The van der Waals surface area contributed by atoms with E-state index in [1.54, 1.807) is 18.5 Å². The van der Waals surface area contributed by atoms with Crippen LogP contribution >= 0.6 is 7.52 Å². The Balaban J connectivity index is 2.12. The number of nitroso groups, excluding NO2 is 1. The molecule has 10 nitrogen and oxygen atoms in total. The van der Waals surface area contributed by atoms with Gasteiger partial charge in [-0.1, -0.05) is 13.8 Å². The highest BCUT2D eigenvalue weighted by molar-refractivity contribution is 7.58. The largest absolute Gasteiger partial charge is 0.396 e. The fourth-order valence-electron chi connectivity index (χ4n) is 1.79. The van der Waals surface area contributed by atoms with Gasteiger partial charge < -0.3 is 4.52 Å². The topological polar surface area (TPSA) is 121 Å². The monoisotopic (exact) mass is 327 g/mol. The SMILES string of the molecule is CC(C)CC1N=C(N(C)N=O)OP1(=O)NNc1ncccn1. The predicted molar refractivity (Wildman–Crippen MR) is 81.7 cm³/mol. The van der Waals surface area contributed by atoms with Gasteiger partial charge in [0.05, 0.1) is 5.29 Å². The first-order chi connectivity index (χ1) is 10.4. The van der Waals surface area contributed by atoms with Crippen molar-refractivity contribution in [2.24, 2.45) is 16.2 Å².